The van der Waals surface area contributed by atoms with Crippen molar-refractivity contribution in [1.82, 2.24) is 4.90 Å². The maximum atomic E-state index is 14.1. The minimum Gasteiger partial charge on any atom is -0.496 e. The van der Waals surface area contributed by atoms with E-state index in [1.54, 1.807) is 17.0 Å². The molecule has 1 aliphatic heterocycles. The van der Waals surface area contributed by atoms with Crippen molar-refractivity contribution in [3.05, 3.63) is 64.2 Å². The number of nitrogens with zero attached hydrogens (tertiary/aromatic N) is 2. The number of amides is 1. The van der Waals surface area contributed by atoms with Crippen molar-refractivity contribution in [2.45, 2.75) is 25.1 Å². The van der Waals surface area contributed by atoms with Crippen LogP contribution in [0.3, 0.4) is 0 Å². The fourth-order valence-corrected chi connectivity index (χ4v) is 4.23. The van der Waals surface area contributed by atoms with Gasteiger partial charge in [0.1, 0.15) is 5.75 Å². The standard InChI is InChI=1S/C20H19ClF2N2O2S/c1-20(2)11-25(10-12-5-4-6-15(22)17(12)23)19(28-20)24-18(26)14-9-13(21)7-8-16(14)27-3/h4-9H,10-11H2,1-3H3/b24-19-. The molecule has 2 aromatic rings. The van der Waals surface area contributed by atoms with Crippen LogP contribution in [0.2, 0.25) is 5.02 Å². The van der Waals surface area contributed by atoms with Gasteiger partial charge < -0.3 is 9.64 Å². The van der Waals surface area contributed by atoms with Crippen molar-refractivity contribution in [1.29, 1.82) is 0 Å². The predicted octanol–water partition coefficient (Wildman–Crippen LogP) is 5.15. The van der Waals surface area contributed by atoms with E-state index in [4.69, 9.17) is 16.3 Å². The molecule has 148 valence electrons. The second-order valence-electron chi connectivity index (χ2n) is 6.97. The molecule has 4 nitrogen and oxygen atoms in total. The van der Waals surface area contributed by atoms with Gasteiger partial charge in [-0.15, -0.1) is 0 Å². The van der Waals surface area contributed by atoms with Gasteiger partial charge in [0, 0.05) is 28.4 Å². The van der Waals surface area contributed by atoms with E-state index in [1.807, 2.05) is 13.8 Å². The highest BCUT2D eigenvalue weighted by Crippen LogP contribution is 2.37. The van der Waals surface area contributed by atoms with Crippen LogP contribution in [0.5, 0.6) is 5.75 Å². The first-order chi connectivity index (χ1) is 13.2. The van der Waals surface area contributed by atoms with E-state index < -0.39 is 17.5 Å². The van der Waals surface area contributed by atoms with Crippen LogP contribution in [0.1, 0.15) is 29.8 Å². The fourth-order valence-electron chi connectivity index (χ4n) is 2.96. The maximum Gasteiger partial charge on any atom is 0.283 e. The van der Waals surface area contributed by atoms with Gasteiger partial charge in [0.15, 0.2) is 16.8 Å². The number of thioether (sulfide) groups is 1. The van der Waals surface area contributed by atoms with Crippen LogP contribution >= 0.6 is 23.4 Å². The number of hydrogen-bond donors (Lipinski definition) is 0. The molecule has 28 heavy (non-hydrogen) atoms. The first-order valence-corrected chi connectivity index (χ1v) is 9.73. The van der Waals surface area contributed by atoms with Crippen LogP contribution in [-0.4, -0.2) is 34.4 Å². The van der Waals surface area contributed by atoms with E-state index in [0.717, 1.165) is 6.07 Å². The summed E-state index contributed by atoms with van der Waals surface area (Å²) in [4.78, 5) is 18.8. The van der Waals surface area contributed by atoms with Crippen molar-refractivity contribution in [3.63, 3.8) is 0 Å². The lowest BCUT2D eigenvalue weighted by molar-refractivity contribution is 0.0998. The lowest BCUT2D eigenvalue weighted by Crippen LogP contribution is -2.29. The highest BCUT2D eigenvalue weighted by Gasteiger charge is 2.36. The van der Waals surface area contributed by atoms with Crippen molar-refractivity contribution >= 4 is 34.4 Å². The number of carbonyl (C=O) groups is 1. The minimum absolute atomic E-state index is 0.110. The number of amidine groups is 1. The molecule has 0 saturated carbocycles. The molecule has 0 atom stereocenters. The summed E-state index contributed by atoms with van der Waals surface area (Å²) >= 11 is 7.41. The number of methoxy groups -OCH3 is 1. The SMILES string of the molecule is COc1ccc(Cl)cc1C(=O)/N=C1\SC(C)(C)CN1Cc1cccc(F)c1F. The Balaban J connectivity index is 1.93. The molecule has 1 fully saturated rings. The molecule has 3 rings (SSSR count). The van der Waals surface area contributed by atoms with Crippen molar-refractivity contribution in [2.75, 3.05) is 13.7 Å². The Morgan fingerprint density at radius 2 is 2.07 bits per heavy atom. The molecule has 0 unspecified atom stereocenters. The van der Waals surface area contributed by atoms with Gasteiger partial charge in [-0.05, 0) is 38.1 Å². The normalized spacial score (nSPS) is 17.2. The van der Waals surface area contributed by atoms with Crippen molar-refractivity contribution in [3.8, 4) is 5.75 Å². The molecule has 0 N–H and O–H groups in total. The highest BCUT2D eigenvalue weighted by molar-refractivity contribution is 8.15. The van der Waals surface area contributed by atoms with Gasteiger partial charge in [-0.1, -0.05) is 35.5 Å². The molecule has 0 bridgehead atoms. The van der Waals surface area contributed by atoms with Crippen LogP contribution in [0.15, 0.2) is 41.4 Å². The van der Waals surface area contributed by atoms with E-state index in [-0.39, 0.29) is 22.4 Å². The molecule has 0 spiro atoms. The van der Waals surface area contributed by atoms with Gasteiger partial charge in [0.2, 0.25) is 0 Å². The summed E-state index contributed by atoms with van der Waals surface area (Å²) in [5, 5.41) is 0.836. The second-order valence-corrected chi connectivity index (χ2v) is 9.09. The van der Waals surface area contributed by atoms with Gasteiger partial charge in [-0.3, -0.25) is 4.79 Å². The van der Waals surface area contributed by atoms with Gasteiger partial charge >= 0.3 is 0 Å². The Kier molecular flexibility index (Phi) is 5.95. The third-order valence-electron chi connectivity index (χ3n) is 4.19. The Morgan fingerprint density at radius 3 is 2.79 bits per heavy atom. The fraction of sp³-hybridized carbons (Fsp3) is 0.300. The Hall–Kier alpha value is -2.12. The predicted molar refractivity (Wildman–Crippen MR) is 108 cm³/mol. The molecular weight excluding hydrogens is 406 g/mol. The van der Waals surface area contributed by atoms with Crippen LogP contribution in [0.4, 0.5) is 8.78 Å². The Morgan fingerprint density at radius 1 is 1.32 bits per heavy atom. The van der Waals surface area contributed by atoms with E-state index in [9.17, 15) is 13.6 Å². The molecule has 1 heterocycles. The van der Waals surface area contributed by atoms with Crippen molar-refractivity contribution < 1.29 is 18.3 Å². The van der Waals surface area contributed by atoms with Gasteiger partial charge in [0.05, 0.1) is 12.7 Å². The number of carbonyl (C=O) groups excluding carboxylic acids is 1. The molecule has 1 saturated heterocycles. The average molecular weight is 425 g/mol. The largest absolute Gasteiger partial charge is 0.496 e. The summed E-state index contributed by atoms with van der Waals surface area (Å²) in [6.07, 6.45) is 0. The van der Waals surface area contributed by atoms with Crippen LogP contribution < -0.4 is 4.74 Å². The average Bonchev–Trinajstić information content (AvgIpc) is 2.92. The first-order valence-electron chi connectivity index (χ1n) is 8.53. The molecule has 0 aliphatic carbocycles. The maximum absolute atomic E-state index is 14.1. The zero-order chi connectivity index (χ0) is 20.5. The molecule has 0 aromatic heterocycles. The third-order valence-corrected chi connectivity index (χ3v) is 5.64. The first kappa shape index (κ1) is 20.6. The highest BCUT2D eigenvalue weighted by atomic mass is 35.5. The van der Waals surface area contributed by atoms with E-state index in [1.165, 1.54) is 37.1 Å². The number of ether oxygens (including phenoxy) is 1. The summed E-state index contributed by atoms with van der Waals surface area (Å²) in [6, 6.07) is 8.77. The molecule has 2 aromatic carbocycles. The number of hydrogen-bond acceptors (Lipinski definition) is 3. The van der Waals surface area contributed by atoms with Crippen molar-refractivity contribution in [2.24, 2.45) is 4.99 Å². The van der Waals surface area contributed by atoms with E-state index in [0.29, 0.717) is 22.5 Å². The molecule has 1 amide bonds. The molecule has 1 aliphatic rings. The van der Waals surface area contributed by atoms with Crippen LogP contribution in [-0.2, 0) is 6.54 Å². The summed E-state index contributed by atoms with van der Waals surface area (Å²) in [5.41, 5.74) is 0.448. The quantitative estimate of drug-likeness (QED) is 0.680. The lowest BCUT2D eigenvalue weighted by atomic mass is 10.1. The zero-order valence-corrected chi connectivity index (χ0v) is 17.2. The number of aliphatic imine (C=N–C) groups is 1. The Labute approximate surface area is 171 Å². The topological polar surface area (TPSA) is 41.9 Å². The van der Waals surface area contributed by atoms with E-state index >= 15 is 0 Å². The smallest absolute Gasteiger partial charge is 0.283 e. The number of halogens is 3. The Bertz CT molecular complexity index is 950. The molecular formula is C20H19ClF2N2O2S. The number of rotatable bonds is 4. The monoisotopic (exact) mass is 424 g/mol. The van der Waals surface area contributed by atoms with Crippen LogP contribution in [0, 0.1) is 11.6 Å². The molecule has 8 heteroatoms. The summed E-state index contributed by atoms with van der Waals surface area (Å²) < 4.78 is 32.6. The van der Waals surface area contributed by atoms with Gasteiger partial charge in [-0.2, -0.15) is 4.99 Å². The summed E-state index contributed by atoms with van der Waals surface area (Å²) in [6.45, 7) is 4.64. The van der Waals surface area contributed by atoms with E-state index in [2.05, 4.69) is 4.99 Å². The van der Waals surface area contributed by atoms with Gasteiger partial charge in [-0.25, -0.2) is 8.78 Å². The van der Waals surface area contributed by atoms with Crippen LogP contribution in [0.25, 0.3) is 0 Å². The third kappa shape index (κ3) is 4.47. The summed E-state index contributed by atoms with van der Waals surface area (Å²) in [5.74, 6) is -1.94. The van der Waals surface area contributed by atoms with Gasteiger partial charge in [0.25, 0.3) is 5.91 Å². The lowest BCUT2D eigenvalue weighted by Gasteiger charge is -2.20. The molecule has 0 radical (unpaired) electrons. The zero-order valence-electron chi connectivity index (χ0n) is 15.6. The summed E-state index contributed by atoms with van der Waals surface area (Å²) in [7, 11) is 1.46. The minimum atomic E-state index is -0.901. The number of benzene rings is 2. The second kappa shape index (κ2) is 8.09.